The number of pyridine rings is 1. The lowest BCUT2D eigenvalue weighted by molar-refractivity contribution is -0.121. The first-order chi connectivity index (χ1) is 9.65. The van der Waals surface area contributed by atoms with E-state index in [0.29, 0.717) is 12.2 Å². The number of amides is 1. The predicted molar refractivity (Wildman–Crippen MR) is 67.7 cm³/mol. The molecule has 20 heavy (non-hydrogen) atoms. The molecule has 0 fully saturated rings. The number of carboxylic acid groups (broad SMARTS) is 1. The molecule has 0 spiro atoms. The Morgan fingerprint density at radius 1 is 1.35 bits per heavy atom. The largest absolute Gasteiger partial charge is 0.478 e. The standard InChI is InChI=1S/C12H13N5O3/c18-11(2-5-17-6-4-15-16-17)14-8-10-7-9(12(19)20)1-3-13-10/h1,3-4,6-7H,2,5,8H2,(H,14,18)(H,19,20). The van der Waals surface area contributed by atoms with E-state index in [1.165, 1.54) is 18.3 Å². The van der Waals surface area contributed by atoms with Crippen molar-refractivity contribution in [3.63, 3.8) is 0 Å². The summed E-state index contributed by atoms with van der Waals surface area (Å²) in [5.41, 5.74) is 0.644. The van der Waals surface area contributed by atoms with Crippen LogP contribution in [0.25, 0.3) is 0 Å². The van der Waals surface area contributed by atoms with Gasteiger partial charge >= 0.3 is 5.97 Å². The molecule has 0 saturated heterocycles. The Labute approximate surface area is 114 Å². The molecule has 2 aromatic rings. The number of rotatable bonds is 6. The lowest BCUT2D eigenvalue weighted by Gasteiger charge is -2.05. The van der Waals surface area contributed by atoms with Gasteiger partial charge in [-0.1, -0.05) is 5.21 Å². The number of hydrogen-bond acceptors (Lipinski definition) is 5. The first-order valence-electron chi connectivity index (χ1n) is 5.94. The summed E-state index contributed by atoms with van der Waals surface area (Å²) >= 11 is 0. The van der Waals surface area contributed by atoms with Crippen LogP contribution in [0, 0.1) is 0 Å². The van der Waals surface area contributed by atoms with Gasteiger partial charge in [-0.2, -0.15) is 0 Å². The number of aromatic carboxylic acids is 1. The van der Waals surface area contributed by atoms with E-state index < -0.39 is 5.97 Å². The molecule has 2 N–H and O–H groups in total. The van der Waals surface area contributed by atoms with Gasteiger partial charge in [0.2, 0.25) is 5.91 Å². The summed E-state index contributed by atoms with van der Waals surface area (Å²) in [7, 11) is 0. The van der Waals surface area contributed by atoms with Crippen molar-refractivity contribution in [3.05, 3.63) is 42.0 Å². The molecule has 2 rings (SSSR count). The topological polar surface area (TPSA) is 110 Å². The summed E-state index contributed by atoms with van der Waals surface area (Å²) in [6.45, 7) is 0.631. The van der Waals surface area contributed by atoms with Gasteiger partial charge in [0, 0.05) is 18.8 Å². The Morgan fingerprint density at radius 3 is 2.90 bits per heavy atom. The Hall–Kier alpha value is -2.77. The monoisotopic (exact) mass is 275 g/mol. The third kappa shape index (κ3) is 3.87. The van der Waals surface area contributed by atoms with Crippen LogP contribution in [0.15, 0.2) is 30.7 Å². The van der Waals surface area contributed by atoms with Gasteiger partial charge in [0.25, 0.3) is 0 Å². The maximum atomic E-state index is 11.6. The number of carboxylic acids is 1. The van der Waals surface area contributed by atoms with E-state index in [4.69, 9.17) is 5.11 Å². The van der Waals surface area contributed by atoms with Crippen molar-refractivity contribution in [3.8, 4) is 0 Å². The summed E-state index contributed by atoms with van der Waals surface area (Å²) < 4.78 is 1.56. The third-order valence-electron chi connectivity index (χ3n) is 2.57. The maximum absolute atomic E-state index is 11.6. The van der Waals surface area contributed by atoms with Crippen molar-refractivity contribution >= 4 is 11.9 Å². The second kappa shape index (κ2) is 6.41. The van der Waals surface area contributed by atoms with Crippen LogP contribution >= 0.6 is 0 Å². The minimum Gasteiger partial charge on any atom is -0.478 e. The second-order valence-corrected chi connectivity index (χ2v) is 4.03. The highest BCUT2D eigenvalue weighted by Gasteiger charge is 2.06. The Kier molecular flexibility index (Phi) is 4.38. The molecule has 8 nitrogen and oxygen atoms in total. The van der Waals surface area contributed by atoms with Gasteiger partial charge in [-0.05, 0) is 12.1 Å². The molecule has 2 aromatic heterocycles. The molecule has 104 valence electrons. The highest BCUT2D eigenvalue weighted by atomic mass is 16.4. The van der Waals surface area contributed by atoms with E-state index in [-0.39, 0.29) is 24.4 Å². The summed E-state index contributed by atoms with van der Waals surface area (Å²) in [6.07, 6.45) is 4.88. The molecule has 0 aliphatic heterocycles. The molecule has 0 aromatic carbocycles. The maximum Gasteiger partial charge on any atom is 0.335 e. The minimum atomic E-state index is -1.02. The Morgan fingerprint density at radius 2 is 2.20 bits per heavy atom. The van der Waals surface area contributed by atoms with Crippen molar-refractivity contribution < 1.29 is 14.7 Å². The Balaban J connectivity index is 1.81. The molecule has 0 aliphatic carbocycles. The van der Waals surface area contributed by atoms with Crippen LogP contribution < -0.4 is 5.32 Å². The summed E-state index contributed by atoms with van der Waals surface area (Å²) in [5.74, 6) is -1.19. The van der Waals surface area contributed by atoms with Crippen molar-refractivity contribution in [1.29, 1.82) is 0 Å². The van der Waals surface area contributed by atoms with Gasteiger partial charge in [0.05, 0.1) is 30.5 Å². The van der Waals surface area contributed by atoms with E-state index >= 15 is 0 Å². The number of hydrogen-bond donors (Lipinski definition) is 2. The molecule has 0 unspecified atom stereocenters. The van der Waals surface area contributed by atoms with E-state index in [9.17, 15) is 9.59 Å². The van der Waals surface area contributed by atoms with Crippen molar-refractivity contribution in [2.45, 2.75) is 19.5 Å². The van der Waals surface area contributed by atoms with E-state index in [1.807, 2.05) is 0 Å². The van der Waals surface area contributed by atoms with Gasteiger partial charge in [0.15, 0.2) is 0 Å². The van der Waals surface area contributed by atoms with Gasteiger partial charge in [-0.25, -0.2) is 4.79 Å². The first-order valence-corrected chi connectivity index (χ1v) is 5.94. The van der Waals surface area contributed by atoms with Crippen LogP contribution in [-0.2, 0) is 17.9 Å². The molecule has 0 saturated carbocycles. The zero-order chi connectivity index (χ0) is 14.4. The van der Waals surface area contributed by atoms with Gasteiger partial charge in [0.1, 0.15) is 0 Å². The van der Waals surface area contributed by atoms with Gasteiger partial charge in [-0.15, -0.1) is 5.10 Å². The smallest absolute Gasteiger partial charge is 0.335 e. The molecule has 0 bridgehead atoms. The number of carbonyl (C=O) groups is 2. The highest BCUT2D eigenvalue weighted by molar-refractivity contribution is 5.87. The molecule has 0 atom stereocenters. The zero-order valence-electron chi connectivity index (χ0n) is 10.6. The van der Waals surface area contributed by atoms with Gasteiger partial charge < -0.3 is 10.4 Å². The molecule has 0 aliphatic rings. The number of nitrogens with zero attached hydrogens (tertiary/aromatic N) is 4. The first kappa shape index (κ1) is 13.7. The number of nitrogens with one attached hydrogen (secondary N) is 1. The predicted octanol–water partition coefficient (Wildman–Crippen LogP) is 0.0778. The number of aryl methyl sites for hydroxylation is 1. The van der Waals surface area contributed by atoms with Crippen molar-refractivity contribution in [1.82, 2.24) is 25.3 Å². The van der Waals surface area contributed by atoms with E-state index in [2.05, 4.69) is 20.6 Å². The Bertz CT molecular complexity index is 597. The fraction of sp³-hybridized carbons (Fsp3) is 0.250. The molecular formula is C12H13N5O3. The highest BCUT2D eigenvalue weighted by Crippen LogP contribution is 2.01. The van der Waals surface area contributed by atoms with Crippen LogP contribution in [0.3, 0.4) is 0 Å². The average molecular weight is 275 g/mol. The quantitative estimate of drug-likeness (QED) is 0.772. The number of carbonyl (C=O) groups excluding carboxylic acids is 1. The summed E-state index contributed by atoms with van der Waals surface area (Å²) in [5, 5.41) is 18.9. The second-order valence-electron chi connectivity index (χ2n) is 4.03. The average Bonchev–Trinajstić information content (AvgIpc) is 2.96. The third-order valence-corrected chi connectivity index (χ3v) is 2.57. The minimum absolute atomic E-state index is 0.145. The molecule has 2 heterocycles. The molecule has 0 radical (unpaired) electrons. The fourth-order valence-electron chi connectivity index (χ4n) is 1.55. The van der Waals surface area contributed by atoms with Crippen LogP contribution in [0.4, 0.5) is 0 Å². The van der Waals surface area contributed by atoms with E-state index in [0.717, 1.165) is 0 Å². The van der Waals surface area contributed by atoms with Crippen LogP contribution in [-0.4, -0.2) is 37.0 Å². The fourth-order valence-corrected chi connectivity index (χ4v) is 1.55. The normalized spacial score (nSPS) is 10.2. The SMILES string of the molecule is O=C(CCn1ccnn1)NCc1cc(C(=O)O)ccn1. The van der Waals surface area contributed by atoms with Crippen molar-refractivity contribution in [2.24, 2.45) is 0 Å². The number of aromatic nitrogens is 4. The lowest BCUT2D eigenvalue weighted by atomic mass is 10.2. The zero-order valence-corrected chi connectivity index (χ0v) is 10.6. The van der Waals surface area contributed by atoms with Crippen LogP contribution in [0.1, 0.15) is 22.5 Å². The molecule has 1 amide bonds. The van der Waals surface area contributed by atoms with E-state index in [1.54, 1.807) is 17.1 Å². The lowest BCUT2D eigenvalue weighted by Crippen LogP contribution is -2.24. The molecular weight excluding hydrogens is 262 g/mol. The molecule has 8 heteroatoms. The van der Waals surface area contributed by atoms with Crippen LogP contribution in [0.5, 0.6) is 0 Å². The summed E-state index contributed by atoms with van der Waals surface area (Å²) in [4.78, 5) is 26.4. The van der Waals surface area contributed by atoms with Gasteiger partial charge in [-0.3, -0.25) is 14.5 Å². The van der Waals surface area contributed by atoms with Crippen molar-refractivity contribution in [2.75, 3.05) is 0 Å². The van der Waals surface area contributed by atoms with Crippen LogP contribution in [0.2, 0.25) is 0 Å². The summed E-state index contributed by atoms with van der Waals surface area (Å²) in [6, 6.07) is 2.83.